The number of hydrogen-bond donors (Lipinski definition) is 0. The summed E-state index contributed by atoms with van der Waals surface area (Å²) >= 11 is 0. The summed E-state index contributed by atoms with van der Waals surface area (Å²) in [6, 6.07) is 0. The topological polar surface area (TPSA) is 111 Å². The number of nitrogens with zero attached hydrogens (tertiary/aromatic N) is 1. The zero-order chi connectivity index (χ0) is 40.7. The smallest absolute Gasteiger partial charge is 0.306 e. The van der Waals surface area contributed by atoms with Crippen molar-refractivity contribution in [3.8, 4) is 0 Å². The molecule has 1 unspecified atom stereocenters. The lowest BCUT2D eigenvalue weighted by atomic mass is 10.0. The van der Waals surface area contributed by atoms with Crippen LogP contribution in [0.3, 0.4) is 0 Å². The normalized spacial score (nSPS) is 13.5. The van der Waals surface area contributed by atoms with E-state index in [2.05, 4.69) is 13.8 Å². The Morgan fingerprint density at radius 2 is 0.818 bits per heavy atom. The molecule has 0 saturated carbocycles. The third kappa shape index (κ3) is 42.4. The first kappa shape index (κ1) is 54.0. The Balaban J connectivity index is 4.06. The van der Waals surface area contributed by atoms with Gasteiger partial charge in [0.2, 0.25) is 0 Å². The zero-order valence-corrected chi connectivity index (χ0v) is 37.8. The van der Waals surface area contributed by atoms with Gasteiger partial charge >= 0.3 is 11.9 Å². The summed E-state index contributed by atoms with van der Waals surface area (Å²) in [6.07, 6.45) is 38.7. The molecule has 0 fully saturated rings. The van der Waals surface area contributed by atoms with Gasteiger partial charge in [-0.15, -0.1) is 0 Å². The maximum atomic E-state index is 12.6. The lowest BCUT2D eigenvalue weighted by Gasteiger charge is -2.28. The second-order valence-electron chi connectivity index (χ2n) is 17.1. The van der Waals surface area contributed by atoms with Crippen LogP contribution >= 0.6 is 7.82 Å². The quantitative estimate of drug-likeness (QED) is 0.0259. The molecule has 328 valence electrons. The molecular weight excluding hydrogens is 713 g/mol. The van der Waals surface area contributed by atoms with E-state index in [4.69, 9.17) is 18.5 Å². The van der Waals surface area contributed by atoms with Gasteiger partial charge in [0.25, 0.3) is 7.82 Å². The first-order chi connectivity index (χ1) is 26.5. The summed E-state index contributed by atoms with van der Waals surface area (Å²) in [5, 5.41) is 0. The van der Waals surface area contributed by atoms with Gasteiger partial charge in [-0.05, 0) is 12.8 Å². The molecule has 0 amide bonds. The molecule has 0 radical (unpaired) electrons. The van der Waals surface area contributed by atoms with Crippen molar-refractivity contribution in [3.63, 3.8) is 0 Å². The minimum Gasteiger partial charge on any atom is -0.756 e. The fourth-order valence-corrected chi connectivity index (χ4v) is 7.44. The number of likely N-dealkylation sites (N-methyl/N-ethyl adjacent to an activating group) is 1. The highest BCUT2D eigenvalue weighted by Gasteiger charge is 2.21. The van der Waals surface area contributed by atoms with Crippen LogP contribution in [-0.4, -0.2) is 70.0 Å². The van der Waals surface area contributed by atoms with Crippen molar-refractivity contribution in [2.45, 2.75) is 232 Å². The molecule has 0 bridgehead atoms. The van der Waals surface area contributed by atoms with Crippen LogP contribution in [0.15, 0.2) is 0 Å². The fraction of sp³-hybridized carbons (Fsp3) is 0.956. The Morgan fingerprint density at radius 1 is 0.491 bits per heavy atom. The van der Waals surface area contributed by atoms with Gasteiger partial charge in [0.1, 0.15) is 19.8 Å². The Kier molecular flexibility index (Phi) is 37.8. The first-order valence-corrected chi connectivity index (χ1v) is 24.7. The maximum absolute atomic E-state index is 12.6. The van der Waals surface area contributed by atoms with E-state index in [0.29, 0.717) is 17.4 Å². The maximum Gasteiger partial charge on any atom is 0.306 e. The van der Waals surface area contributed by atoms with E-state index >= 15 is 0 Å². The van der Waals surface area contributed by atoms with E-state index in [1.807, 2.05) is 21.1 Å². The predicted octanol–water partition coefficient (Wildman–Crippen LogP) is 12.6. The predicted molar refractivity (Wildman–Crippen MR) is 227 cm³/mol. The minimum absolute atomic E-state index is 0.0261. The number of phosphoric acid groups is 1. The summed E-state index contributed by atoms with van der Waals surface area (Å²) in [5.41, 5.74) is 0. The average molecular weight is 804 g/mol. The SMILES string of the molecule is CCCCCCCCCCCCCCCCCCCCCCCCCC(=O)OC[C@@H](COP(=O)([O-])OCC[N+](C)(C)C)OC(=O)CCCCCCCCCC. The highest BCUT2D eigenvalue weighted by atomic mass is 31.2. The van der Waals surface area contributed by atoms with Crippen molar-refractivity contribution >= 4 is 19.8 Å². The number of rotatable bonds is 43. The molecular formula is C45H90NO8P. The van der Waals surface area contributed by atoms with Crippen LogP contribution in [-0.2, 0) is 32.7 Å². The third-order valence-electron chi connectivity index (χ3n) is 10.4. The molecule has 0 rings (SSSR count). The van der Waals surface area contributed by atoms with E-state index in [-0.39, 0.29) is 32.0 Å². The van der Waals surface area contributed by atoms with Gasteiger partial charge in [0.05, 0.1) is 27.7 Å². The van der Waals surface area contributed by atoms with E-state index in [1.54, 1.807) is 0 Å². The van der Waals surface area contributed by atoms with Gasteiger partial charge in [0.15, 0.2) is 6.10 Å². The Morgan fingerprint density at radius 3 is 1.16 bits per heavy atom. The van der Waals surface area contributed by atoms with E-state index in [1.165, 1.54) is 154 Å². The molecule has 2 atom stereocenters. The number of quaternary nitrogens is 1. The number of hydrogen-bond acceptors (Lipinski definition) is 8. The van der Waals surface area contributed by atoms with Crippen LogP contribution in [0.4, 0.5) is 0 Å². The van der Waals surface area contributed by atoms with Crippen LogP contribution in [0.1, 0.15) is 226 Å². The Bertz CT molecular complexity index is 912. The monoisotopic (exact) mass is 804 g/mol. The Labute approximate surface area is 340 Å². The second-order valence-corrected chi connectivity index (χ2v) is 18.5. The van der Waals surface area contributed by atoms with Crippen molar-refractivity contribution in [3.05, 3.63) is 0 Å². The molecule has 0 aromatic carbocycles. The van der Waals surface area contributed by atoms with Crippen molar-refractivity contribution < 1.29 is 42.1 Å². The number of carbonyl (C=O) groups excluding carboxylic acids is 2. The molecule has 10 heteroatoms. The fourth-order valence-electron chi connectivity index (χ4n) is 6.72. The minimum atomic E-state index is -4.61. The molecule has 0 saturated heterocycles. The summed E-state index contributed by atoms with van der Waals surface area (Å²) in [7, 11) is 1.18. The lowest BCUT2D eigenvalue weighted by Crippen LogP contribution is -2.37. The standard InChI is InChI=1S/C45H90NO8P/c1-6-8-10-12-14-16-17-18-19-20-21-22-23-24-25-26-27-28-29-30-32-33-35-37-44(47)51-41-43(42-53-55(49,50)52-40-39-46(3,4)5)54-45(48)38-36-34-31-15-13-11-9-7-2/h43H,6-42H2,1-5H3/t43-/m0/s1. The van der Waals surface area contributed by atoms with Crippen LogP contribution in [0.25, 0.3) is 0 Å². The number of carbonyl (C=O) groups is 2. The molecule has 0 N–H and O–H groups in total. The molecule has 0 heterocycles. The van der Waals surface area contributed by atoms with Gasteiger partial charge in [-0.25, -0.2) is 0 Å². The highest BCUT2D eigenvalue weighted by Crippen LogP contribution is 2.38. The Hall–Kier alpha value is -0.990. The van der Waals surface area contributed by atoms with Crippen LogP contribution in [0, 0.1) is 0 Å². The molecule has 0 aliphatic carbocycles. The summed E-state index contributed by atoms with van der Waals surface area (Å²) < 4.78 is 33.8. The van der Waals surface area contributed by atoms with Crippen molar-refractivity contribution in [2.24, 2.45) is 0 Å². The van der Waals surface area contributed by atoms with Crippen LogP contribution in [0.2, 0.25) is 0 Å². The van der Waals surface area contributed by atoms with Gasteiger partial charge in [-0.1, -0.05) is 200 Å². The summed E-state index contributed by atoms with van der Waals surface area (Å²) in [4.78, 5) is 37.4. The zero-order valence-electron chi connectivity index (χ0n) is 36.9. The van der Waals surface area contributed by atoms with Crippen LogP contribution in [0.5, 0.6) is 0 Å². The van der Waals surface area contributed by atoms with Gasteiger partial charge in [0, 0.05) is 12.8 Å². The van der Waals surface area contributed by atoms with Crippen molar-refractivity contribution in [1.29, 1.82) is 0 Å². The average Bonchev–Trinajstić information content (AvgIpc) is 3.13. The highest BCUT2D eigenvalue weighted by molar-refractivity contribution is 7.45. The van der Waals surface area contributed by atoms with E-state index in [0.717, 1.165) is 38.5 Å². The summed E-state index contributed by atoms with van der Waals surface area (Å²) in [5.74, 6) is -0.825. The lowest BCUT2D eigenvalue weighted by molar-refractivity contribution is -0.870. The number of unbranched alkanes of at least 4 members (excludes halogenated alkanes) is 29. The first-order valence-electron chi connectivity index (χ1n) is 23.2. The molecule has 0 aromatic rings. The molecule has 0 aliphatic rings. The molecule has 0 aromatic heterocycles. The molecule has 0 aliphatic heterocycles. The molecule has 9 nitrogen and oxygen atoms in total. The van der Waals surface area contributed by atoms with E-state index < -0.39 is 26.5 Å². The van der Waals surface area contributed by atoms with Gasteiger partial charge < -0.3 is 27.9 Å². The largest absolute Gasteiger partial charge is 0.756 e. The number of ether oxygens (including phenoxy) is 2. The molecule has 0 spiro atoms. The van der Waals surface area contributed by atoms with Crippen LogP contribution < -0.4 is 4.89 Å². The van der Waals surface area contributed by atoms with Gasteiger partial charge in [-0.2, -0.15) is 0 Å². The third-order valence-corrected chi connectivity index (χ3v) is 11.3. The molecule has 55 heavy (non-hydrogen) atoms. The van der Waals surface area contributed by atoms with E-state index in [9.17, 15) is 19.0 Å². The number of esters is 2. The van der Waals surface area contributed by atoms with Crippen molar-refractivity contribution in [1.82, 2.24) is 0 Å². The second kappa shape index (κ2) is 38.5. The number of phosphoric ester groups is 1. The summed E-state index contributed by atoms with van der Waals surface area (Å²) in [6.45, 7) is 4.23. The van der Waals surface area contributed by atoms with Crippen molar-refractivity contribution in [2.75, 3.05) is 47.5 Å². The van der Waals surface area contributed by atoms with Gasteiger partial charge in [-0.3, -0.25) is 14.2 Å².